The second-order valence-electron chi connectivity index (χ2n) is 5.22. The van der Waals surface area contributed by atoms with Crippen LogP contribution in [0.4, 0.5) is 3.89 Å². The number of hydrogen-bond donors (Lipinski definition) is 0. The first-order valence-corrected chi connectivity index (χ1v) is 7.81. The standard InChI is InChI=1S/C17H21FN2S/c1-6-19-17-11(2)9-15(21-18)10-16(17)14(5)20-12(3)7-8-13(20)4/h7-10H,6H2,1-5H3/b16-14-,19-17?. The van der Waals surface area contributed by atoms with Gasteiger partial charge in [0.25, 0.3) is 0 Å². The van der Waals surface area contributed by atoms with E-state index in [1.165, 1.54) is 11.4 Å². The van der Waals surface area contributed by atoms with Crippen LogP contribution in [-0.2, 0) is 0 Å². The van der Waals surface area contributed by atoms with Crippen molar-refractivity contribution >= 4 is 23.6 Å². The predicted molar refractivity (Wildman–Crippen MR) is 91.3 cm³/mol. The van der Waals surface area contributed by atoms with Gasteiger partial charge in [0, 0.05) is 34.1 Å². The Bertz CT molecular complexity index is 655. The summed E-state index contributed by atoms with van der Waals surface area (Å²) in [5.74, 6) is 0. The van der Waals surface area contributed by atoms with Gasteiger partial charge in [-0.25, -0.2) is 0 Å². The van der Waals surface area contributed by atoms with Crippen molar-refractivity contribution in [3.63, 3.8) is 0 Å². The van der Waals surface area contributed by atoms with Gasteiger partial charge < -0.3 is 4.57 Å². The van der Waals surface area contributed by atoms with Gasteiger partial charge >= 0.3 is 0 Å². The molecule has 1 heterocycles. The van der Waals surface area contributed by atoms with Crippen LogP contribution in [0.2, 0.25) is 0 Å². The smallest absolute Gasteiger partial charge is 0.0812 e. The van der Waals surface area contributed by atoms with Gasteiger partial charge in [0.1, 0.15) is 0 Å². The van der Waals surface area contributed by atoms with Crippen LogP contribution < -0.4 is 0 Å². The fourth-order valence-electron chi connectivity index (χ4n) is 2.75. The summed E-state index contributed by atoms with van der Waals surface area (Å²) < 4.78 is 15.2. The highest BCUT2D eigenvalue weighted by atomic mass is 32.2. The molecule has 0 aromatic carbocycles. The Morgan fingerprint density at radius 1 is 1.19 bits per heavy atom. The molecule has 0 spiro atoms. The van der Waals surface area contributed by atoms with E-state index in [1.54, 1.807) is 0 Å². The fourth-order valence-corrected chi connectivity index (χ4v) is 3.14. The van der Waals surface area contributed by atoms with E-state index >= 15 is 0 Å². The van der Waals surface area contributed by atoms with Crippen molar-refractivity contribution in [3.8, 4) is 0 Å². The average molecular weight is 304 g/mol. The quantitative estimate of drug-likeness (QED) is 0.744. The van der Waals surface area contributed by atoms with Crippen LogP contribution in [0.3, 0.4) is 0 Å². The van der Waals surface area contributed by atoms with Crippen molar-refractivity contribution in [3.05, 3.63) is 51.7 Å². The summed E-state index contributed by atoms with van der Waals surface area (Å²) in [7, 11) is 0. The molecule has 4 heteroatoms. The SMILES string of the molecule is CCN=C1C(C)=CC(SF)=C/C1=C(\C)n1c(C)ccc1C. The van der Waals surface area contributed by atoms with E-state index in [2.05, 4.69) is 42.5 Å². The summed E-state index contributed by atoms with van der Waals surface area (Å²) in [4.78, 5) is 5.23. The lowest BCUT2D eigenvalue weighted by Gasteiger charge is -2.20. The van der Waals surface area contributed by atoms with E-state index in [0.717, 1.165) is 22.6 Å². The molecule has 0 saturated carbocycles. The van der Waals surface area contributed by atoms with Crippen molar-refractivity contribution in [1.29, 1.82) is 0 Å². The molecule has 2 nitrogen and oxygen atoms in total. The monoisotopic (exact) mass is 304 g/mol. The Morgan fingerprint density at radius 3 is 2.33 bits per heavy atom. The Balaban J connectivity index is 2.67. The fraction of sp³-hybridized carbons (Fsp3) is 0.353. The van der Waals surface area contributed by atoms with Crippen LogP contribution in [0.15, 0.2) is 45.3 Å². The Kier molecular flexibility index (Phi) is 4.88. The first-order chi connectivity index (χ1) is 9.99. The number of aliphatic imine (C=N–C) groups is 1. The first-order valence-electron chi connectivity index (χ1n) is 7.09. The topological polar surface area (TPSA) is 17.3 Å². The van der Waals surface area contributed by atoms with E-state index in [9.17, 15) is 3.89 Å². The van der Waals surface area contributed by atoms with Gasteiger partial charge in [0.2, 0.25) is 0 Å². The molecule has 1 aromatic rings. The molecule has 112 valence electrons. The van der Waals surface area contributed by atoms with E-state index in [1.807, 2.05) is 26.0 Å². The highest BCUT2D eigenvalue weighted by Crippen LogP contribution is 2.31. The van der Waals surface area contributed by atoms with Crippen LogP contribution in [0, 0.1) is 13.8 Å². The third kappa shape index (κ3) is 3.05. The number of hydrogen-bond acceptors (Lipinski definition) is 2. The second kappa shape index (κ2) is 6.48. The Hall–Kier alpha value is -1.55. The maximum Gasteiger partial charge on any atom is 0.0812 e. The molecule has 1 aliphatic rings. The van der Waals surface area contributed by atoms with Crippen LogP contribution in [-0.4, -0.2) is 16.8 Å². The molecule has 0 radical (unpaired) electrons. The summed E-state index contributed by atoms with van der Waals surface area (Å²) in [6.45, 7) is 10.9. The molecule has 0 fully saturated rings. The van der Waals surface area contributed by atoms with Gasteiger partial charge in [-0.05, 0) is 64.5 Å². The minimum Gasteiger partial charge on any atom is -0.322 e. The van der Waals surface area contributed by atoms with Gasteiger partial charge in [-0.1, -0.05) is 0 Å². The third-order valence-corrected chi connectivity index (χ3v) is 4.09. The van der Waals surface area contributed by atoms with Crippen molar-refractivity contribution in [2.75, 3.05) is 6.54 Å². The summed E-state index contributed by atoms with van der Waals surface area (Å²) in [5, 5.41) is 0. The van der Waals surface area contributed by atoms with E-state index in [4.69, 9.17) is 0 Å². The van der Waals surface area contributed by atoms with Crippen LogP contribution in [0.1, 0.15) is 32.2 Å². The van der Waals surface area contributed by atoms with Gasteiger partial charge in [-0.3, -0.25) is 4.99 Å². The van der Waals surface area contributed by atoms with Gasteiger partial charge in [-0.2, -0.15) is 3.89 Å². The van der Waals surface area contributed by atoms with Crippen LogP contribution in [0.5, 0.6) is 0 Å². The molecule has 0 atom stereocenters. The molecule has 21 heavy (non-hydrogen) atoms. The molecule has 0 aliphatic heterocycles. The zero-order chi connectivity index (χ0) is 15.6. The van der Waals surface area contributed by atoms with E-state index < -0.39 is 0 Å². The highest BCUT2D eigenvalue weighted by molar-refractivity contribution is 7.98. The van der Waals surface area contributed by atoms with Gasteiger partial charge in [0.15, 0.2) is 0 Å². The predicted octanol–water partition coefficient (Wildman–Crippen LogP) is 5.26. The lowest BCUT2D eigenvalue weighted by Crippen LogP contribution is -2.13. The largest absolute Gasteiger partial charge is 0.322 e. The van der Waals surface area contributed by atoms with Crippen molar-refractivity contribution in [2.45, 2.75) is 34.6 Å². The molecule has 1 aliphatic carbocycles. The minimum absolute atomic E-state index is 0.283. The lowest BCUT2D eigenvalue weighted by atomic mass is 9.96. The van der Waals surface area contributed by atoms with E-state index in [0.29, 0.717) is 11.4 Å². The molecule has 0 bridgehead atoms. The van der Waals surface area contributed by atoms with Gasteiger partial charge in [0.05, 0.1) is 17.9 Å². The normalized spacial score (nSPS) is 19.6. The third-order valence-electron chi connectivity index (χ3n) is 3.68. The maximum atomic E-state index is 13.0. The molecule has 0 amide bonds. The number of aromatic nitrogens is 1. The zero-order valence-corrected chi connectivity index (χ0v) is 14.0. The van der Waals surface area contributed by atoms with Crippen molar-refractivity contribution < 1.29 is 3.89 Å². The van der Waals surface area contributed by atoms with Gasteiger partial charge in [-0.15, -0.1) is 0 Å². The molecular weight excluding hydrogens is 283 g/mol. The summed E-state index contributed by atoms with van der Waals surface area (Å²) in [6.07, 6.45) is 3.74. The van der Waals surface area contributed by atoms with Crippen LogP contribution in [0.25, 0.3) is 5.70 Å². The molecule has 0 unspecified atom stereocenters. The average Bonchev–Trinajstić information content (AvgIpc) is 2.79. The molecular formula is C17H21FN2S. The summed E-state index contributed by atoms with van der Waals surface area (Å²) in [6, 6.07) is 4.19. The summed E-state index contributed by atoms with van der Waals surface area (Å²) in [5.41, 5.74) is 6.39. The van der Waals surface area contributed by atoms with E-state index in [-0.39, 0.29) is 12.1 Å². The lowest BCUT2D eigenvalue weighted by molar-refractivity contribution is 0.944. The first kappa shape index (κ1) is 15.8. The minimum atomic E-state index is 0.283. The number of rotatable bonds is 3. The molecule has 1 aromatic heterocycles. The number of allylic oxidation sites excluding steroid dienone is 5. The number of aryl methyl sites for hydroxylation is 2. The van der Waals surface area contributed by atoms with Crippen molar-refractivity contribution in [2.24, 2.45) is 4.99 Å². The highest BCUT2D eigenvalue weighted by Gasteiger charge is 2.18. The zero-order valence-electron chi connectivity index (χ0n) is 13.2. The second-order valence-corrected chi connectivity index (χ2v) is 5.85. The number of nitrogens with zero attached hydrogens (tertiary/aromatic N) is 2. The maximum absolute atomic E-state index is 13.0. The molecule has 2 rings (SSSR count). The number of halogens is 1. The molecule has 0 N–H and O–H groups in total. The molecule has 0 saturated heterocycles. The Labute approximate surface area is 130 Å². The van der Waals surface area contributed by atoms with Crippen molar-refractivity contribution in [1.82, 2.24) is 4.57 Å². The Morgan fingerprint density at radius 2 is 1.81 bits per heavy atom. The van der Waals surface area contributed by atoms with Crippen LogP contribution >= 0.6 is 12.1 Å². The summed E-state index contributed by atoms with van der Waals surface area (Å²) >= 11 is 0.283.